The maximum absolute atomic E-state index is 6.55. The van der Waals surface area contributed by atoms with Crippen LogP contribution in [0.2, 0.25) is 0 Å². The van der Waals surface area contributed by atoms with Gasteiger partial charge < -0.3 is 4.74 Å². The van der Waals surface area contributed by atoms with E-state index in [1.165, 1.54) is 5.56 Å². The number of hydrogen-bond acceptors (Lipinski definition) is 2. The van der Waals surface area contributed by atoms with Crippen LogP contribution >= 0.6 is 0 Å². The number of aromatic nitrogens is 2. The maximum Gasteiger partial charge on any atom is 0.0939 e. The average molecular weight is 437 g/mol. The topological polar surface area (TPSA) is 27.1 Å². The minimum Gasteiger partial charge on any atom is -0.370 e. The Morgan fingerprint density at radius 1 is 1.09 bits per heavy atom. The lowest BCUT2D eigenvalue weighted by Gasteiger charge is -2.31. The normalized spacial score (nSPS) is 14.4. The molecule has 2 rings (SSSR count). The smallest absolute Gasteiger partial charge is 0.0939 e. The van der Waals surface area contributed by atoms with Gasteiger partial charge in [0.2, 0.25) is 0 Å². The van der Waals surface area contributed by atoms with Crippen LogP contribution in [0.4, 0.5) is 0 Å². The average Bonchev–Trinajstić information content (AvgIpc) is 3.02. The van der Waals surface area contributed by atoms with Gasteiger partial charge in [0.1, 0.15) is 0 Å². The van der Waals surface area contributed by atoms with Crippen molar-refractivity contribution in [1.82, 2.24) is 9.78 Å². The molecular weight excluding hydrogens is 392 g/mol. The minimum absolute atomic E-state index is 0.323. The van der Waals surface area contributed by atoms with Crippen LogP contribution in [0, 0.1) is 19.3 Å². The Balaban J connectivity index is 2.10. The zero-order valence-electron chi connectivity index (χ0n) is 21.7. The Bertz CT molecular complexity index is 912. The minimum atomic E-state index is -0.377. The highest BCUT2D eigenvalue weighted by atomic mass is 16.5. The first-order chi connectivity index (χ1) is 14.9. The van der Waals surface area contributed by atoms with E-state index >= 15 is 0 Å². The molecule has 2 aromatic rings. The number of allylic oxidation sites excluding steroid dienone is 2. The maximum atomic E-state index is 6.55. The Morgan fingerprint density at radius 3 is 2.25 bits per heavy atom. The molecule has 1 heterocycles. The van der Waals surface area contributed by atoms with Crippen LogP contribution < -0.4 is 0 Å². The van der Waals surface area contributed by atoms with Crippen molar-refractivity contribution >= 4 is 0 Å². The highest BCUT2D eigenvalue weighted by molar-refractivity contribution is 5.38. The molecule has 32 heavy (non-hydrogen) atoms. The summed E-state index contributed by atoms with van der Waals surface area (Å²) in [7, 11) is 0. The molecule has 0 aliphatic rings. The number of rotatable bonds is 11. The third-order valence-electron chi connectivity index (χ3n) is 5.68. The van der Waals surface area contributed by atoms with E-state index in [-0.39, 0.29) is 5.60 Å². The number of ether oxygens (including phenoxy) is 1. The summed E-state index contributed by atoms with van der Waals surface area (Å²) in [5.74, 6) is 0. The predicted molar refractivity (Wildman–Crippen MR) is 137 cm³/mol. The molecule has 1 aromatic heterocycles. The summed E-state index contributed by atoms with van der Waals surface area (Å²) in [5, 5.41) is 4.60. The molecule has 0 amide bonds. The lowest BCUT2D eigenvalue weighted by atomic mass is 9.86. The second-order valence-electron chi connectivity index (χ2n) is 10.7. The molecular formula is C29H44N2O. The van der Waals surface area contributed by atoms with E-state index in [1.54, 1.807) is 5.57 Å². The summed E-state index contributed by atoms with van der Waals surface area (Å²) in [4.78, 5) is 0. The van der Waals surface area contributed by atoms with Crippen LogP contribution in [-0.2, 0) is 10.3 Å². The Kier molecular flexibility index (Phi) is 9.09. The van der Waals surface area contributed by atoms with Crippen LogP contribution in [0.1, 0.15) is 90.6 Å². The molecule has 0 aliphatic heterocycles. The predicted octanol–water partition coefficient (Wildman–Crippen LogP) is 8.24. The Morgan fingerprint density at radius 2 is 1.75 bits per heavy atom. The molecule has 0 spiro atoms. The first kappa shape index (κ1) is 26.1. The molecule has 0 fully saturated rings. The van der Waals surface area contributed by atoms with Gasteiger partial charge in [-0.3, -0.25) is 0 Å². The van der Waals surface area contributed by atoms with E-state index < -0.39 is 0 Å². The SMILES string of the molecule is C=C(C)CC(C)(OCCC/C(=C\CC)CC(C)(C)C)c1ccc(-n2nc(C)cc2C)cc1. The van der Waals surface area contributed by atoms with Crippen molar-refractivity contribution < 1.29 is 4.74 Å². The first-order valence-corrected chi connectivity index (χ1v) is 12.0. The third-order valence-corrected chi connectivity index (χ3v) is 5.68. The van der Waals surface area contributed by atoms with Gasteiger partial charge in [-0.15, -0.1) is 6.58 Å². The molecule has 176 valence electrons. The van der Waals surface area contributed by atoms with Crippen molar-refractivity contribution in [1.29, 1.82) is 0 Å². The van der Waals surface area contributed by atoms with Crippen molar-refractivity contribution in [2.24, 2.45) is 5.41 Å². The monoisotopic (exact) mass is 436 g/mol. The molecule has 0 radical (unpaired) electrons. The van der Waals surface area contributed by atoms with Gasteiger partial charge in [0, 0.05) is 18.7 Å². The van der Waals surface area contributed by atoms with E-state index in [0.29, 0.717) is 5.41 Å². The summed E-state index contributed by atoms with van der Waals surface area (Å²) in [5.41, 5.74) is 7.07. The second-order valence-corrected chi connectivity index (χ2v) is 10.7. The van der Waals surface area contributed by atoms with E-state index in [9.17, 15) is 0 Å². The van der Waals surface area contributed by atoms with Crippen molar-refractivity contribution in [3.8, 4) is 5.69 Å². The van der Waals surface area contributed by atoms with Gasteiger partial charge in [-0.2, -0.15) is 5.10 Å². The van der Waals surface area contributed by atoms with Crippen molar-refractivity contribution in [2.75, 3.05) is 6.61 Å². The van der Waals surface area contributed by atoms with Gasteiger partial charge in [0.15, 0.2) is 0 Å². The van der Waals surface area contributed by atoms with Gasteiger partial charge in [-0.1, -0.05) is 57.0 Å². The standard InChI is InChI=1S/C29H44N2O/c1-10-12-25(21-28(6,7)8)13-11-18-32-29(9,20-22(2)3)26-14-16-27(17-15-26)31-24(5)19-23(4)30-31/h12,14-17,19H,2,10-11,13,18,20-21H2,1,3-9H3/b25-12+. The largest absolute Gasteiger partial charge is 0.370 e. The molecule has 1 aromatic carbocycles. The number of hydrogen-bond donors (Lipinski definition) is 0. The van der Waals surface area contributed by atoms with Gasteiger partial charge >= 0.3 is 0 Å². The fourth-order valence-electron chi connectivity index (χ4n) is 4.49. The van der Waals surface area contributed by atoms with Gasteiger partial charge in [0.25, 0.3) is 0 Å². The lowest BCUT2D eigenvalue weighted by Crippen LogP contribution is -2.27. The summed E-state index contributed by atoms with van der Waals surface area (Å²) >= 11 is 0. The van der Waals surface area contributed by atoms with E-state index in [4.69, 9.17) is 4.74 Å². The Hall–Kier alpha value is -2.13. The van der Waals surface area contributed by atoms with Gasteiger partial charge in [0.05, 0.1) is 17.0 Å². The molecule has 3 heteroatoms. The molecule has 0 saturated carbocycles. The number of aryl methyl sites for hydroxylation is 2. The molecule has 1 atom stereocenters. The molecule has 0 N–H and O–H groups in total. The van der Waals surface area contributed by atoms with Crippen molar-refractivity contribution in [3.05, 3.63) is 71.1 Å². The highest BCUT2D eigenvalue weighted by Crippen LogP contribution is 2.33. The van der Waals surface area contributed by atoms with Crippen molar-refractivity contribution in [2.45, 2.75) is 93.1 Å². The van der Waals surface area contributed by atoms with E-state index in [1.807, 2.05) is 11.6 Å². The Labute approximate surface area is 196 Å². The fraction of sp³-hybridized carbons (Fsp3) is 0.552. The zero-order chi connectivity index (χ0) is 23.9. The zero-order valence-corrected chi connectivity index (χ0v) is 21.7. The summed E-state index contributed by atoms with van der Waals surface area (Å²) < 4.78 is 8.54. The van der Waals surface area contributed by atoms with Crippen LogP contribution in [0.3, 0.4) is 0 Å². The van der Waals surface area contributed by atoms with Crippen LogP contribution in [0.5, 0.6) is 0 Å². The van der Waals surface area contributed by atoms with Crippen molar-refractivity contribution in [3.63, 3.8) is 0 Å². The highest BCUT2D eigenvalue weighted by Gasteiger charge is 2.28. The summed E-state index contributed by atoms with van der Waals surface area (Å²) in [6, 6.07) is 10.7. The van der Waals surface area contributed by atoms with E-state index in [2.05, 4.69) is 96.6 Å². The van der Waals surface area contributed by atoms with Crippen LogP contribution in [-0.4, -0.2) is 16.4 Å². The second kappa shape index (κ2) is 11.1. The van der Waals surface area contributed by atoms with Gasteiger partial charge in [-0.25, -0.2) is 4.68 Å². The lowest BCUT2D eigenvalue weighted by molar-refractivity contribution is -0.0370. The van der Waals surface area contributed by atoms with Gasteiger partial charge in [-0.05, 0) is 82.6 Å². The summed E-state index contributed by atoms with van der Waals surface area (Å²) in [6.45, 7) is 22.5. The molecule has 1 unspecified atom stereocenters. The van der Waals surface area contributed by atoms with Crippen LogP contribution in [0.25, 0.3) is 5.69 Å². The molecule has 0 bridgehead atoms. The quantitative estimate of drug-likeness (QED) is 0.262. The number of nitrogens with zero attached hydrogens (tertiary/aromatic N) is 2. The summed E-state index contributed by atoms with van der Waals surface area (Å²) in [6.07, 6.45) is 7.60. The molecule has 0 aliphatic carbocycles. The molecule has 0 saturated heterocycles. The molecule has 3 nitrogen and oxygen atoms in total. The third kappa shape index (κ3) is 7.78. The van der Waals surface area contributed by atoms with Crippen LogP contribution in [0.15, 0.2) is 54.1 Å². The van der Waals surface area contributed by atoms with E-state index in [0.717, 1.165) is 61.4 Å². The first-order valence-electron chi connectivity index (χ1n) is 12.0. The number of benzene rings is 1. The fourth-order valence-corrected chi connectivity index (χ4v) is 4.49.